The van der Waals surface area contributed by atoms with Gasteiger partial charge in [-0.2, -0.15) is 4.57 Å². The lowest BCUT2D eigenvalue weighted by molar-refractivity contribution is -0.568. The number of ketones is 1. The summed E-state index contributed by atoms with van der Waals surface area (Å²) in [4.78, 5) is 14.0. The van der Waals surface area contributed by atoms with E-state index in [1.807, 2.05) is 79.3 Å². The molecule has 20 heavy (non-hydrogen) atoms. The first kappa shape index (κ1) is 14.0. The summed E-state index contributed by atoms with van der Waals surface area (Å²) in [6.07, 6.45) is 7.20. The molecule has 1 aromatic heterocycles. The summed E-state index contributed by atoms with van der Waals surface area (Å²) in [7, 11) is 3.99. The van der Waals surface area contributed by atoms with E-state index in [0.717, 1.165) is 11.3 Å². The fourth-order valence-electron chi connectivity index (χ4n) is 1.80. The molecule has 3 heteroatoms. The van der Waals surface area contributed by atoms with Crippen LogP contribution in [0.4, 0.5) is 5.69 Å². The zero-order chi connectivity index (χ0) is 14.5. The molecule has 0 saturated heterocycles. The highest BCUT2D eigenvalue weighted by molar-refractivity contribution is 6.05. The Morgan fingerprint density at radius 1 is 1.05 bits per heavy atom. The lowest BCUT2D eigenvalue weighted by Crippen LogP contribution is -2.25. The van der Waals surface area contributed by atoms with Crippen molar-refractivity contribution in [2.75, 3.05) is 19.0 Å². The Balaban J connectivity index is 2.08. The molecule has 1 heterocycles. The molecule has 0 fully saturated rings. The largest absolute Gasteiger partial charge is 0.377 e. The average molecular weight is 267 g/mol. The van der Waals surface area contributed by atoms with Crippen LogP contribution in [0.1, 0.15) is 15.9 Å². The van der Waals surface area contributed by atoms with Gasteiger partial charge in [-0.3, -0.25) is 4.79 Å². The molecule has 0 saturated carbocycles. The minimum atomic E-state index is 0.00851. The van der Waals surface area contributed by atoms with Gasteiger partial charge in [-0.05, 0) is 6.92 Å². The fourth-order valence-corrected chi connectivity index (χ4v) is 1.80. The van der Waals surface area contributed by atoms with E-state index in [9.17, 15) is 4.79 Å². The summed E-state index contributed by atoms with van der Waals surface area (Å²) in [5, 5.41) is 0. The zero-order valence-corrected chi connectivity index (χ0v) is 12.1. The van der Waals surface area contributed by atoms with Gasteiger partial charge in [0.15, 0.2) is 24.4 Å². The summed E-state index contributed by atoms with van der Waals surface area (Å²) in [6.45, 7) is 2.01. The van der Waals surface area contributed by atoms with Gasteiger partial charge in [0.25, 0.3) is 0 Å². The van der Waals surface area contributed by atoms with Crippen LogP contribution < -0.4 is 9.47 Å². The second-order valence-electron chi connectivity index (χ2n) is 4.94. The number of rotatable bonds is 4. The van der Waals surface area contributed by atoms with Crippen molar-refractivity contribution in [2.45, 2.75) is 6.92 Å². The fraction of sp³-hybridized carbons (Fsp3) is 0.176. The maximum absolute atomic E-state index is 12.0. The molecule has 0 aliphatic heterocycles. The van der Waals surface area contributed by atoms with Gasteiger partial charge in [0.2, 0.25) is 0 Å². The van der Waals surface area contributed by atoms with Gasteiger partial charge in [0, 0.05) is 37.5 Å². The summed E-state index contributed by atoms with van der Waals surface area (Å²) in [5.41, 5.74) is 2.98. The van der Waals surface area contributed by atoms with Gasteiger partial charge >= 0.3 is 0 Å². The van der Waals surface area contributed by atoms with E-state index in [1.165, 1.54) is 0 Å². The molecule has 1 aromatic carbocycles. The van der Waals surface area contributed by atoms with E-state index in [4.69, 9.17) is 0 Å². The topological polar surface area (TPSA) is 24.2 Å². The third-order valence-electron chi connectivity index (χ3n) is 3.09. The molecular formula is C17H19N2O+. The van der Waals surface area contributed by atoms with Crippen LogP contribution in [0.3, 0.4) is 0 Å². The Morgan fingerprint density at radius 2 is 1.65 bits per heavy atom. The second-order valence-corrected chi connectivity index (χ2v) is 4.94. The smallest absolute Gasteiger partial charge is 0.191 e. The SMILES string of the molecule is Cc1ccc(C(=O)C=C[n+]2ccc(N(C)C)cc2)cc1. The summed E-state index contributed by atoms with van der Waals surface area (Å²) >= 11 is 0. The molecule has 0 radical (unpaired) electrons. The van der Waals surface area contributed by atoms with Crippen LogP contribution in [0.2, 0.25) is 0 Å². The Morgan fingerprint density at radius 3 is 2.20 bits per heavy atom. The van der Waals surface area contributed by atoms with Crippen LogP contribution in [0.25, 0.3) is 6.20 Å². The summed E-state index contributed by atoms with van der Waals surface area (Å²) in [6, 6.07) is 11.6. The number of anilines is 1. The van der Waals surface area contributed by atoms with Crippen LogP contribution in [0, 0.1) is 6.92 Å². The van der Waals surface area contributed by atoms with Crippen molar-refractivity contribution < 1.29 is 9.36 Å². The molecule has 0 aliphatic carbocycles. The highest BCUT2D eigenvalue weighted by Crippen LogP contribution is 2.06. The van der Waals surface area contributed by atoms with Gasteiger partial charge in [-0.1, -0.05) is 29.8 Å². The van der Waals surface area contributed by atoms with Gasteiger partial charge < -0.3 is 4.90 Å². The monoisotopic (exact) mass is 267 g/mol. The average Bonchev–Trinajstić information content (AvgIpc) is 2.46. The number of carbonyl (C=O) groups is 1. The van der Waals surface area contributed by atoms with Crippen molar-refractivity contribution in [2.24, 2.45) is 0 Å². The highest BCUT2D eigenvalue weighted by Gasteiger charge is 2.03. The lowest BCUT2D eigenvalue weighted by Gasteiger charge is -2.09. The third-order valence-corrected chi connectivity index (χ3v) is 3.09. The quantitative estimate of drug-likeness (QED) is 0.483. The van der Waals surface area contributed by atoms with Crippen molar-refractivity contribution in [1.82, 2.24) is 0 Å². The van der Waals surface area contributed by atoms with Crippen molar-refractivity contribution in [3.05, 3.63) is 66.0 Å². The Kier molecular flexibility index (Phi) is 4.31. The molecule has 0 amide bonds. The molecule has 2 aromatic rings. The predicted molar refractivity (Wildman–Crippen MR) is 81.8 cm³/mol. The number of hydrogen-bond acceptors (Lipinski definition) is 2. The second kappa shape index (κ2) is 6.15. The minimum absolute atomic E-state index is 0.00851. The maximum Gasteiger partial charge on any atom is 0.191 e. The normalized spacial score (nSPS) is 10.8. The van der Waals surface area contributed by atoms with Crippen molar-refractivity contribution in [1.29, 1.82) is 0 Å². The molecule has 3 nitrogen and oxygen atoms in total. The maximum atomic E-state index is 12.0. The standard InChI is InChI=1S/C17H19N2O/c1-14-4-6-15(7-5-14)17(20)10-13-19-11-8-16(9-12-19)18(2)3/h4-13H,1-3H3/q+1. The van der Waals surface area contributed by atoms with E-state index in [0.29, 0.717) is 5.56 Å². The van der Waals surface area contributed by atoms with Crippen molar-refractivity contribution >= 4 is 17.7 Å². The number of benzene rings is 1. The zero-order valence-electron chi connectivity index (χ0n) is 12.1. The Labute approximate surface area is 119 Å². The van der Waals surface area contributed by atoms with Gasteiger partial charge in [-0.25, -0.2) is 0 Å². The molecule has 0 aliphatic rings. The van der Waals surface area contributed by atoms with E-state index >= 15 is 0 Å². The van der Waals surface area contributed by atoms with Crippen LogP contribution in [-0.4, -0.2) is 19.9 Å². The van der Waals surface area contributed by atoms with Crippen molar-refractivity contribution in [3.63, 3.8) is 0 Å². The predicted octanol–water partition coefficient (Wildman–Crippen LogP) is 2.70. The number of aromatic nitrogens is 1. The first-order valence-corrected chi connectivity index (χ1v) is 6.53. The van der Waals surface area contributed by atoms with E-state index in [2.05, 4.69) is 0 Å². The Hall–Kier alpha value is -2.42. The van der Waals surface area contributed by atoms with Crippen LogP contribution in [0.15, 0.2) is 54.9 Å². The number of aryl methyl sites for hydroxylation is 1. The summed E-state index contributed by atoms with van der Waals surface area (Å²) in [5.74, 6) is 0.00851. The van der Waals surface area contributed by atoms with Gasteiger partial charge in [0.05, 0.1) is 6.08 Å². The number of pyridine rings is 1. The van der Waals surface area contributed by atoms with Crippen molar-refractivity contribution in [3.8, 4) is 0 Å². The van der Waals surface area contributed by atoms with E-state index in [-0.39, 0.29) is 5.78 Å². The number of carbonyl (C=O) groups excluding carboxylic acids is 1. The molecule has 0 N–H and O–H groups in total. The molecule has 0 atom stereocenters. The molecule has 2 rings (SSSR count). The van der Waals surface area contributed by atoms with E-state index in [1.54, 1.807) is 12.3 Å². The third kappa shape index (κ3) is 3.54. The molecular weight excluding hydrogens is 248 g/mol. The molecule has 0 bridgehead atoms. The van der Waals surface area contributed by atoms with Gasteiger partial charge in [-0.15, -0.1) is 0 Å². The first-order valence-electron chi connectivity index (χ1n) is 6.53. The van der Waals surface area contributed by atoms with E-state index < -0.39 is 0 Å². The number of nitrogens with zero attached hydrogens (tertiary/aromatic N) is 2. The minimum Gasteiger partial charge on any atom is -0.377 e. The van der Waals surface area contributed by atoms with Crippen LogP contribution >= 0.6 is 0 Å². The lowest BCUT2D eigenvalue weighted by atomic mass is 10.1. The summed E-state index contributed by atoms with van der Waals surface area (Å²) < 4.78 is 1.86. The number of hydrogen-bond donors (Lipinski definition) is 0. The van der Waals surface area contributed by atoms with Crippen LogP contribution in [-0.2, 0) is 0 Å². The molecule has 102 valence electrons. The Bertz CT molecular complexity index is 610. The highest BCUT2D eigenvalue weighted by atomic mass is 16.1. The van der Waals surface area contributed by atoms with Crippen LogP contribution in [0.5, 0.6) is 0 Å². The first-order chi connectivity index (χ1) is 9.56. The van der Waals surface area contributed by atoms with Gasteiger partial charge in [0.1, 0.15) is 0 Å². The molecule has 0 unspecified atom stereocenters. The molecule has 0 spiro atoms. The number of allylic oxidation sites excluding steroid dienone is 1.